The summed E-state index contributed by atoms with van der Waals surface area (Å²) in [6.07, 6.45) is 5.84. The summed E-state index contributed by atoms with van der Waals surface area (Å²) in [5.74, 6) is 0. The molecule has 35 heavy (non-hydrogen) atoms. The Morgan fingerprint density at radius 1 is 0.914 bits per heavy atom. The third-order valence-electron chi connectivity index (χ3n) is 6.24. The lowest BCUT2D eigenvalue weighted by Gasteiger charge is -2.24. The number of rotatable bonds is 6. The largest absolute Gasteiger partial charge is 0.378 e. The van der Waals surface area contributed by atoms with Gasteiger partial charge in [-0.25, -0.2) is 4.98 Å². The van der Waals surface area contributed by atoms with Crippen molar-refractivity contribution in [1.82, 2.24) is 14.0 Å². The molecule has 0 aliphatic carbocycles. The molecule has 0 amide bonds. The van der Waals surface area contributed by atoms with Crippen LogP contribution in [0.25, 0.3) is 5.69 Å². The molecule has 0 fully saturated rings. The Labute approximate surface area is 206 Å². The molecule has 3 aromatic carbocycles. The van der Waals surface area contributed by atoms with Gasteiger partial charge in [-0.15, -0.1) is 0 Å². The van der Waals surface area contributed by atoms with Crippen LogP contribution in [-0.4, -0.2) is 42.2 Å². The number of imidazole rings is 1. The van der Waals surface area contributed by atoms with E-state index < -0.39 is 16.1 Å². The van der Waals surface area contributed by atoms with Crippen LogP contribution in [0.5, 0.6) is 0 Å². The van der Waals surface area contributed by atoms with Crippen LogP contribution in [0.1, 0.15) is 29.2 Å². The molecule has 0 bridgehead atoms. The van der Waals surface area contributed by atoms with Gasteiger partial charge in [-0.2, -0.15) is 17.9 Å². The van der Waals surface area contributed by atoms with Gasteiger partial charge in [0.15, 0.2) is 0 Å². The molecule has 7 nitrogen and oxygen atoms in total. The second kappa shape index (κ2) is 9.03. The van der Waals surface area contributed by atoms with Crippen molar-refractivity contribution in [3.05, 3.63) is 108 Å². The Morgan fingerprint density at radius 3 is 2.20 bits per heavy atom. The van der Waals surface area contributed by atoms with Gasteiger partial charge in [0.2, 0.25) is 0 Å². The number of hydrogen-bond donors (Lipinski definition) is 0. The average Bonchev–Trinajstić information content (AvgIpc) is 3.56. The van der Waals surface area contributed by atoms with Crippen molar-refractivity contribution in [3.8, 4) is 5.69 Å². The number of aromatic nitrogens is 2. The molecule has 1 aromatic heterocycles. The van der Waals surface area contributed by atoms with Gasteiger partial charge in [-0.3, -0.25) is 0 Å². The van der Waals surface area contributed by atoms with E-state index in [2.05, 4.69) is 10.1 Å². The monoisotopic (exact) mass is 485 g/mol. The first-order chi connectivity index (χ1) is 16.8. The molecular formula is C27H27N5O2S. The van der Waals surface area contributed by atoms with E-state index in [1.54, 1.807) is 24.7 Å². The Kier molecular flexibility index (Phi) is 5.90. The minimum absolute atomic E-state index is 0.235. The van der Waals surface area contributed by atoms with Crippen molar-refractivity contribution in [2.75, 3.05) is 19.0 Å². The van der Waals surface area contributed by atoms with E-state index >= 15 is 0 Å². The SMILES string of the molecule is Cc1ccc(S(=O)(=O)N2N=C(c3ccc(-n4ccnc4)cc3)CC2c2ccc(N(C)C)cc2)cc1. The Morgan fingerprint density at radius 2 is 1.60 bits per heavy atom. The van der Waals surface area contributed by atoms with Crippen LogP contribution in [0.3, 0.4) is 0 Å². The van der Waals surface area contributed by atoms with Crippen molar-refractivity contribution in [1.29, 1.82) is 0 Å². The quantitative estimate of drug-likeness (QED) is 0.394. The number of hydrogen-bond acceptors (Lipinski definition) is 5. The summed E-state index contributed by atoms with van der Waals surface area (Å²) in [4.78, 5) is 6.34. The summed E-state index contributed by atoms with van der Waals surface area (Å²) in [6, 6.07) is 22.4. The fraction of sp³-hybridized carbons (Fsp3) is 0.185. The Hall–Kier alpha value is -3.91. The predicted octanol–water partition coefficient (Wildman–Crippen LogP) is 4.79. The molecule has 1 aliphatic heterocycles. The van der Waals surface area contributed by atoms with Crippen molar-refractivity contribution < 1.29 is 8.42 Å². The fourth-order valence-electron chi connectivity index (χ4n) is 4.18. The van der Waals surface area contributed by atoms with Crippen LogP contribution < -0.4 is 4.90 Å². The lowest BCUT2D eigenvalue weighted by Crippen LogP contribution is -2.27. The first kappa shape index (κ1) is 22.9. The number of hydrazone groups is 1. The van der Waals surface area contributed by atoms with Gasteiger partial charge in [-0.05, 0) is 54.4 Å². The van der Waals surface area contributed by atoms with Crippen LogP contribution in [0.2, 0.25) is 0 Å². The van der Waals surface area contributed by atoms with E-state index in [1.165, 1.54) is 4.41 Å². The highest BCUT2D eigenvalue weighted by Crippen LogP contribution is 2.37. The van der Waals surface area contributed by atoms with E-state index in [1.807, 2.05) is 97.3 Å². The zero-order valence-corrected chi connectivity index (χ0v) is 20.7. The second-order valence-corrected chi connectivity index (χ2v) is 10.7. The topological polar surface area (TPSA) is 70.8 Å². The maximum Gasteiger partial charge on any atom is 0.279 e. The summed E-state index contributed by atoms with van der Waals surface area (Å²) in [5, 5.41) is 4.67. The second-order valence-electron chi connectivity index (χ2n) is 8.86. The molecule has 8 heteroatoms. The number of aryl methyl sites for hydroxylation is 1. The van der Waals surface area contributed by atoms with Crippen LogP contribution in [0, 0.1) is 6.92 Å². The minimum atomic E-state index is -3.84. The van der Waals surface area contributed by atoms with Gasteiger partial charge in [-0.1, -0.05) is 42.0 Å². The summed E-state index contributed by atoms with van der Waals surface area (Å²) in [7, 11) is 0.118. The predicted molar refractivity (Wildman–Crippen MR) is 138 cm³/mol. The number of sulfonamides is 1. The fourth-order valence-corrected chi connectivity index (χ4v) is 5.62. The van der Waals surface area contributed by atoms with Crippen LogP contribution in [0.4, 0.5) is 5.69 Å². The maximum atomic E-state index is 13.7. The van der Waals surface area contributed by atoms with Crippen LogP contribution in [0.15, 0.2) is 102 Å². The Balaban J connectivity index is 1.53. The summed E-state index contributed by atoms with van der Waals surface area (Å²) >= 11 is 0. The van der Waals surface area contributed by atoms with Crippen molar-refractivity contribution in [3.63, 3.8) is 0 Å². The smallest absolute Gasteiger partial charge is 0.279 e. The standard InChI is InChI=1S/C27H27N5O2S/c1-20-4-14-25(15-5-20)35(33,34)32-27(22-8-10-23(11-9-22)30(2)3)18-26(29-32)21-6-12-24(13-7-21)31-17-16-28-19-31/h4-17,19,27H,18H2,1-3H3. The molecule has 0 radical (unpaired) electrons. The molecule has 0 N–H and O–H groups in total. The molecule has 0 spiro atoms. The summed E-state index contributed by atoms with van der Waals surface area (Å²) in [6.45, 7) is 1.94. The summed E-state index contributed by atoms with van der Waals surface area (Å²) in [5.41, 5.74) is 5.56. The molecule has 0 saturated heterocycles. The van der Waals surface area contributed by atoms with E-state index in [9.17, 15) is 8.42 Å². The molecule has 1 unspecified atom stereocenters. The molecule has 2 heterocycles. The molecule has 5 rings (SSSR count). The lowest BCUT2D eigenvalue weighted by atomic mass is 9.99. The molecule has 0 saturated carbocycles. The molecule has 4 aromatic rings. The highest BCUT2D eigenvalue weighted by Gasteiger charge is 2.37. The first-order valence-corrected chi connectivity index (χ1v) is 12.8. The van der Waals surface area contributed by atoms with Gasteiger partial charge < -0.3 is 9.47 Å². The van der Waals surface area contributed by atoms with Gasteiger partial charge in [0, 0.05) is 44.3 Å². The van der Waals surface area contributed by atoms with Gasteiger partial charge >= 0.3 is 0 Å². The van der Waals surface area contributed by atoms with Crippen molar-refractivity contribution in [2.45, 2.75) is 24.3 Å². The first-order valence-electron chi connectivity index (χ1n) is 11.4. The van der Waals surface area contributed by atoms with E-state index in [4.69, 9.17) is 0 Å². The van der Waals surface area contributed by atoms with Gasteiger partial charge in [0.25, 0.3) is 10.0 Å². The third-order valence-corrected chi connectivity index (χ3v) is 7.93. The molecule has 178 valence electrons. The van der Waals surface area contributed by atoms with E-state index in [-0.39, 0.29) is 4.90 Å². The molecule has 1 aliphatic rings. The highest BCUT2D eigenvalue weighted by atomic mass is 32.2. The van der Waals surface area contributed by atoms with Gasteiger partial charge in [0.05, 0.1) is 23.0 Å². The normalized spacial score (nSPS) is 15.8. The third kappa shape index (κ3) is 4.44. The summed E-state index contributed by atoms with van der Waals surface area (Å²) < 4.78 is 30.6. The molecular weight excluding hydrogens is 458 g/mol. The van der Waals surface area contributed by atoms with Crippen molar-refractivity contribution in [2.24, 2.45) is 5.10 Å². The number of benzene rings is 3. The van der Waals surface area contributed by atoms with Crippen LogP contribution in [-0.2, 0) is 10.0 Å². The number of anilines is 1. The van der Waals surface area contributed by atoms with E-state index in [0.29, 0.717) is 6.42 Å². The zero-order valence-electron chi connectivity index (χ0n) is 19.9. The lowest BCUT2D eigenvalue weighted by molar-refractivity contribution is 0.371. The average molecular weight is 486 g/mol. The van der Waals surface area contributed by atoms with Crippen LogP contribution >= 0.6 is 0 Å². The maximum absolute atomic E-state index is 13.7. The zero-order chi connectivity index (χ0) is 24.6. The Bertz CT molecular complexity index is 1440. The van der Waals surface area contributed by atoms with Crippen molar-refractivity contribution >= 4 is 21.4 Å². The van der Waals surface area contributed by atoms with E-state index in [0.717, 1.165) is 33.8 Å². The number of nitrogens with zero attached hydrogens (tertiary/aromatic N) is 5. The molecule has 1 atom stereocenters. The minimum Gasteiger partial charge on any atom is -0.378 e. The van der Waals surface area contributed by atoms with Gasteiger partial charge in [0.1, 0.15) is 0 Å². The highest BCUT2D eigenvalue weighted by molar-refractivity contribution is 7.89.